The number of rotatable bonds is 3. The van der Waals surface area contributed by atoms with Crippen molar-refractivity contribution in [2.45, 2.75) is 25.9 Å². The minimum absolute atomic E-state index is 0.457. The van der Waals surface area contributed by atoms with E-state index in [0.29, 0.717) is 6.54 Å². The second-order valence-corrected chi connectivity index (χ2v) is 4.10. The Morgan fingerprint density at radius 1 is 1.53 bits per heavy atom. The highest BCUT2D eigenvalue weighted by molar-refractivity contribution is 5.07. The Kier molecular flexibility index (Phi) is 2.32. The van der Waals surface area contributed by atoms with E-state index in [2.05, 4.69) is 10.3 Å². The topological polar surface area (TPSA) is 69.9 Å². The van der Waals surface area contributed by atoms with E-state index in [1.165, 1.54) is 0 Å². The molecule has 80 valence electrons. The molecule has 2 heterocycles. The largest absolute Gasteiger partial charge is 0.467 e. The van der Waals surface area contributed by atoms with Gasteiger partial charge in [-0.15, -0.1) is 5.10 Å². The number of furan rings is 1. The molecule has 15 heavy (non-hydrogen) atoms. The van der Waals surface area contributed by atoms with E-state index in [9.17, 15) is 0 Å². The standard InChI is InChI=1S/C10H14N4O/c1-10(2,11)9-7-14(13-12-9)6-8-4-3-5-15-8/h3-5,7H,6,11H2,1-2H3. The van der Waals surface area contributed by atoms with Crippen molar-refractivity contribution in [1.29, 1.82) is 0 Å². The van der Waals surface area contributed by atoms with Gasteiger partial charge in [0.25, 0.3) is 0 Å². The summed E-state index contributed by atoms with van der Waals surface area (Å²) in [5.41, 5.74) is 6.22. The summed E-state index contributed by atoms with van der Waals surface area (Å²) >= 11 is 0. The zero-order chi connectivity index (χ0) is 10.9. The Morgan fingerprint density at radius 2 is 2.33 bits per heavy atom. The van der Waals surface area contributed by atoms with Crippen LogP contribution in [-0.2, 0) is 12.1 Å². The van der Waals surface area contributed by atoms with Gasteiger partial charge in [0.2, 0.25) is 0 Å². The van der Waals surface area contributed by atoms with Gasteiger partial charge in [-0.2, -0.15) is 0 Å². The minimum Gasteiger partial charge on any atom is -0.467 e. The molecule has 0 spiro atoms. The third-order valence-corrected chi connectivity index (χ3v) is 2.10. The number of hydrogen-bond donors (Lipinski definition) is 1. The lowest BCUT2D eigenvalue weighted by Gasteiger charge is -2.13. The van der Waals surface area contributed by atoms with Gasteiger partial charge in [0.05, 0.1) is 18.0 Å². The molecule has 0 saturated heterocycles. The molecule has 0 saturated carbocycles. The average molecular weight is 206 g/mol. The lowest BCUT2D eigenvalue weighted by Crippen LogP contribution is -2.29. The molecular formula is C10H14N4O. The van der Waals surface area contributed by atoms with Crippen molar-refractivity contribution in [2.75, 3.05) is 0 Å². The molecule has 2 aromatic rings. The fourth-order valence-electron chi connectivity index (χ4n) is 1.23. The molecule has 0 aliphatic carbocycles. The van der Waals surface area contributed by atoms with Gasteiger partial charge in [-0.25, -0.2) is 4.68 Å². The minimum atomic E-state index is -0.457. The van der Waals surface area contributed by atoms with Crippen LogP contribution in [-0.4, -0.2) is 15.0 Å². The lowest BCUT2D eigenvalue weighted by atomic mass is 10.0. The Balaban J connectivity index is 2.15. The molecule has 0 atom stereocenters. The molecule has 5 nitrogen and oxygen atoms in total. The molecule has 0 fully saturated rings. The van der Waals surface area contributed by atoms with Gasteiger partial charge in [0.15, 0.2) is 0 Å². The van der Waals surface area contributed by atoms with E-state index in [0.717, 1.165) is 11.5 Å². The molecule has 2 aromatic heterocycles. The molecule has 2 rings (SSSR count). The summed E-state index contributed by atoms with van der Waals surface area (Å²) in [4.78, 5) is 0. The normalized spacial score (nSPS) is 11.9. The molecule has 0 radical (unpaired) electrons. The Morgan fingerprint density at radius 3 is 2.87 bits per heavy atom. The molecule has 2 N–H and O–H groups in total. The molecule has 0 unspecified atom stereocenters. The summed E-state index contributed by atoms with van der Waals surface area (Å²) in [5.74, 6) is 0.848. The third kappa shape index (κ3) is 2.24. The maximum atomic E-state index is 5.90. The first kappa shape index (κ1) is 9.92. The van der Waals surface area contributed by atoms with Gasteiger partial charge in [0, 0.05) is 0 Å². The summed E-state index contributed by atoms with van der Waals surface area (Å²) in [6, 6.07) is 3.75. The zero-order valence-electron chi connectivity index (χ0n) is 8.84. The molecule has 0 aliphatic heterocycles. The number of hydrogen-bond acceptors (Lipinski definition) is 4. The van der Waals surface area contributed by atoms with Gasteiger partial charge in [-0.1, -0.05) is 5.21 Å². The van der Waals surface area contributed by atoms with E-state index >= 15 is 0 Å². The number of nitrogens with two attached hydrogens (primary N) is 1. The van der Waals surface area contributed by atoms with Gasteiger partial charge in [-0.3, -0.25) is 0 Å². The number of nitrogens with zero attached hydrogens (tertiary/aromatic N) is 3. The molecule has 0 bridgehead atoms. The quantitative estimate of drug-likeness (QED) is 0.816. The molecule has 0 aromatic carbocycles. The zero-order valence-corrected chi connectivity index (χ0v) is 8.84. The van der Waals surface area contributed by atoms with E-state index < -0.39 is 5.54 Å². The molecule has 0 amide bonds. The highest BCUT2D eigenvalue weighted by atomic mass is 16.3. The van der Waals surface area contributed by atoms with Crippen molar-refractivity contribution < 1.29 is 4.42 Å². The van der Waals surface area contributed by atoms with Crippen LogP contribution >= 0.6 is 0 Å². The Labute approximate surface area is 87.9 Å². The van der Waals surface area contributed by atoms with Crippen molar-refractivity contribution in [2.24, 2.45) is 5.73 Å². The van der Waals surface area contributed by atoms with Crippen molar-refractivity contribution in [1.82, 2.24) is 15.0 Å². The van der Waals surface area contributed by atoms with Crippen LogP contribution in [0.1, 0.15) is 25.3 Å². The van der Waals surface area contributed by atoms with E-state index in [-0.39, 0.29) is 0 Å². The van der Waals surface area contributed by atoms with Gasteiger partial charge in [-0.05, 0) is 26.0 Å². The summed E-state index contributed by atoms with van der Waals surface area (Å²) in [5, 5.41) is 8.00. The predicted molar refractivity (Wildman–Crippen MR) is 55.0 cm³/mol. The summed E-state index contributed by atoms with van der Waals surface area (Å²) in [6.45, 7) is 4.37. The lowest BCUT2D eigenvalue weighted by molar-refractivity contribution is 0.475. The molecular weight excluding hydrogens is 192 g/mol. The van der Waals surface area contributed by atoms with Gasteiger partial charge in [0.1, 0.15) is 18.0 Å². The third-order valence-electron chi connectivity index (χ3n) is 2.10. The predicted octanol–water partition coefficient (Wildman–Crippen LogP) is 1.11. The number of aromatic nitrogens is 3. The van der Waals surface area contributed by atoms with Crippen LogP contribution in [0.2, 0.25) is 0 Å². The van der Waals surface area contributed by atoms with E-state index in [4.69, 9.17) is 10.2 Å². The van der Waals surface area contributed by atoms with Gasteiger partial charge >= 0.3 is 0 Å². The summed E-state index contributed by atoms with van der Waals surface area (Å²) in [6.07, 6.45) is 3.47. The summed E-state index contributed by atoms with van der Waals surface area (Å²) in [7, 11) is 0. The van der Waals surface area contributed by atoms with Crippen molar-refractivity contribution in [3.05, 3.63) is 36.0 Å². The Hall–Kier alpha value is -1.62. The van der Waals surface area contributed by atoms with Crippen LogP contribution in [0.25, 0.3) is 0 Å². The summed E-state index contributed by atoms with van der Waals surface area (Å²) < 4.78 is 6.92. The van der Waals surface area contributed by atoms with Crippen molar-refractivity contribution in [3.63, 3.8) is 0 Å². The second-order valence-electron chi connectivity index (χ2n) is 4.10. The molecule has 5 heteroatoms. The Bertz CT molecular complexity index is 424. The first-order valence-electron chi connectivity index (χ1n) is 4.77. The van der Waals surface area contributed by atoms with E-state index in [1.54, 1.807) is 10.9 Å². The first-order chi connectivity index (χ1) is 7.05. The maximum absolute atomic E-state index is 5.90. The van der Waals surface area contributed by atoms with Gasteiger partial charge < -0.3 is 10.2 Å². The monoisotopic (exact) mass is 206 g/mol. The van der Waals surface area contributed by atoms with Crippen LogP contribution in [0, 0.1) is 0 Å². The first-order valence-corrected chi connectivity index (χ1v) is 4.77. The van der Waals surface area contributed by atoms with Crippen molar-refractivity contribution in [3.8, 4) is 0 Å². The van der Waals surface area contributed by atoms with Crippen LogP contribution < -0.4 is 5.73 Å². The van der Waals surface area contributed by atoms with Crippen molar-refractivity contribution >= 4 is 0 Å². The average Bonchev–Trinajstić information content (AvgIpc) is 2.73. The highest BCUT2D eigenvalue weighted by Crippen LogP contribution is 2.13. The van der Waals surface area contributed by atoms with Crippen LogP contribution in [0.4, 0.5) is 0 Å². The van der Waals surface area contributed by atoms with E-state index in [1.807, 2.05) is 32.2 Å². The maximum Gasteiger partial charge on any atom is 0.125 e. The molecule has 0 aliphatic rings. The van der Waals surface area contributed by atoms with Crippen LogP contribution in [0.3, 0.4) is 0 Å². The van der Waals surface area contributed by atoms with Crippen LogP contribution in [0.5, 0.6) is 0 Å². The smallest absolute Gasteiger partial charge is 0.125 e. The fraction of sp³-hybridized carbons (Fsp3) is 0.400. The fourth-order valence-corrected chi connectivity index (χ4v) is 1.23. The highest BCUT2D eigenvalue weighted by Gasteiger charge is 2.18. The second kappa shape index (κ2) is 3.51. The SMILES string of the molecule is CC(C)(N)c1cn(Cc2ccco2)nn1. The van der Waals surface area contributed by atoms with Crippen LogP contribution in [0.15, 0.2) is 29.0 Å².